The standard InChI is InChI=1S/C8H14O2/c1-3-7-8(10-7)5-4-6(2)9/h7-8H,3-5H2,1-2H3/t7-,8-/m0/s1. The normalized spacial score (nSPS) is 30.2. The Kier molecular flexibility index (Phi) is 2.44. The summed E-state index contributed by atoms with van der Waals surface area (Å²) in [5, 5.41) is 0. The molecule has 1 rings (SSSR count). The number of ether oxygens (including phenoxy) is 1. The number of carbonyl (C=O) groups excluding carboxylic acids is 1. The lowest BCUT2D eigenvalue weighted by molar-refractivity contribution is -0.117. The zero-order valence-electron chi connectivity index (χ0n) is 6.59. The molecule has 1 aliphatic rings. The lowest BCUT2D eigenvalue weighted by Crippen LogP contribution is -1.96. The molecule has 2 heteroatoms. The van der Waals surface area contributed by atoms with Crippen molar-refractivity contribution in [3.8, 4) is 0 Å². The van der Waals surface area contributed by atoms with Crippen LogP contribution in [0.4, 0.5) is 0 Å². The SMILES string of the molecule is CC[C@@H]1O[C@H]1CCC(C)=O. The highest BCUT2D eigenvalue weighted by atomic mass is 16.6. The Morgan fingerprint density at radius 2 is 2.20 bits per heavy atom. The summed E-state index contributed by atoms with van der Waals surface area (Å²) in [5.74, 6) is 0.269. The Morgan fingerprint density at radius 1 is 1.50 bits per heavy atom. The Morgan fingerprint density at radius 3 is 2.60 bits per heavy atom. The van der Waals surface area contributed by atoms with Gasteiger partial charge in [-0.3, -0.25) is 0 Å². The van der Waals surface area contributed by atoms with E-state index in [1.807, 2.05) is 0 Å². The van der Waals surface area contributed by atoms with Crippen LogP contribution >= 0.6 is 0 Å². The molecular formula is C8H14O2. The van der Waals surface area contributed by atoms with Crippen LogP contribution in [-0.4, -0.2) is 18.0 Å². The Bertz CT molecular complexity index is 131. The fourth-order valence-corrected chi connectivity index (χ4v) is 1.14. The summed E-state index contributed by atoms with van der Waals surface area (Å²) in [6.45, 7) is 3.74. The van der Waals surface area contributed by atoms with Gasteiger partial charge >= 0.3 is 0 Å². The molecule has 1 heterocycles. The van der Waals surface area contributed by atoms with Gasteiger partial charge in [-0.05, 0) is 19.8 Å². The predicted octanol–water partition coefficient (Wildman–Crippen LogP) is 1.53. The number of hydrogen-bond donors (Lipinski definition) is 0. The highest BCUT2D eigenvalue weighted by Crippen LogP contribution is 2.28. The molecule has 0 spiro atoms. The van der Waals surface area contributed by atoms with Gasteiger partial charge in [-0.1, -0.05) is 6.92 Å². The maximum atomic E-state index is 10.5. The molecule has 0 aromatic rings. The number of rotatable bonds is 4. The largest absolute Gasteiger partial charge is 0.370 e. The minimum Gasteiger partial charge on any atom is -0.370 e. The van der Waals surface area contributed by atoms with Gasteiger partial charge in [0, 0.05) is 6.42 Å². The molecule has 0 bridgehead atoms. The fraction of sp³-hybridized carbons (Fsp3) is 0.875. The number of carbonyl (C=O) groups is 1. The molecule has 0 aromatic heterocycles. The first-order valence-electron chi connectivity index (χ1n) is 3.89. The van der Waals surface area contributed by atoms with E-state index in [9.17, 15) is 4.79 Å². The van der Waals surface area contributed by atoms with Crippen molar-refractivity contribution in [3.05, 3.63) is 0 Å². The van der Waals surface area contributed by atoms with Gasteiger partial charge < -0.3 is 9.53 Å². The number of ketones is 1. The fourth-order valence-electron chi connectivity index (χ4n) is 1.14. The van der Waals surface area contributed by atoms with Crippen LogP contribution in [0.2, 0.25) is 0 Å². The molecule has 10 heavy (non-hydrogen) atoms. The molecule has 1 fully saturated rings. The quantitative estimate of drug-likeness (QED) is 0.557. The summed E-state index contributed by atoms with van der Waals surface area (Å²) in [6.07, 6.45) is 3.55. The summed E-state index contributed by atoms with van der Waals surface area (Å²) in [5.41, 5.74) is 0. The second kappa shape index (κ2) is 3.15. The third-order valence-corrected chi connectivity index (χ3v) is 1.87. The number of epoxide rings is 1. The van der Waals surface area contributed by atoms with Crippen molar-refractivity contribution < 1.29 is 9.53 Å². The predicted molar refractivity (Wildman–Crippen MR) is 38.9 cm³/mol. The summed E-state index contributed by atoms with van der Waals surface area (Å²) in [7, 11) is 0. The second-order valence-corrected chi connectivity index (χ2v) is 2.86. The Hall–Kier alpha value is -0.370. The third-order valence-electron chi connectivity index (χ3n) is 1.87. The van der Waals surface area contributed by atoms with E-state index in [4.69, 9.17) is 4.74 Å². The van der Waals surface area contributed by atoms with E-state index < -0.39 is 0 Å². The summed E-state index contributed by atoms with van der Waals surface area (Å²) < 4.78 is 5.26. The zero-order valence-corrected chi connectivity index (χ0v) is 6.59. The average molecular weight is 142 g/mol. The van der Waals surface area contributed by atoms with Gasteiger partial charge in [-0.25, -0.2) is 0 Å². The number of Topliss-reactive ketones (excluding diaryl/α,β-unsaturated/α-hetero) is 1. The van der Waals surface area contributed by atoms with Gasteiger partial charge in [0.1, 0.15) is 5.78 Å². The minimum atomic E-state index is 0.269. The summed E-state index contributed by atoms with van der Waals surface area (Å²) >= 11 is 0. The topological polar surface area (TPSA) is 29.6 Å². The lowest BCUT2D eigenvalue weighted by Gasteiger charge is -1.89. The first kappa shape index (κ1) is 7.73. The molecule has 0 aromatic carbocycles. The molecule has 0 N–H and O–H groups in total. The van der Waals surface area contributed by atoms with Crippen LogP contribution in [0.5, 0.6) is 0 Å². The Labute approximate surface area is 61.6 Å². The molecule has 0 aliphatic carbocycles. The van der Waals surface area contributed by atoms with Crippen molar-refractivity contribution in [2.24, 2.45) is 0 Å². The maximum Gasteiger partial charge on any atom is 0.129 e. The van der Waals surface area contributed by atoms with Gasteiger partial charge in [0.15, 0.2) is 0 Å². The molecule has 1 saturated heterocycles. The van der Waals surface area contributed by atoms with Crippen LogP contribution in [0, 0.1) is 0 Å². The molecule has 0 amide bonds. The van der Waals surface area contributed by atoms with Gasteiger partial charge in [-0.2, -0.15) is 0 Å². The molecule has 2 atom stereocenters. The van der Waals surface area contributed by atoms with E-state index in [2.05, 4.69) is 6.92 Å². The van der Waals surface area contributed by atoms with Gasteiger partial charge in [0.2, 0.25) is 0 Å². The highest BCUT2D eigenvalue weighted by molar-refractivity contribution is 5.75. The lowest BCUT2D eigenvalue weighted by atomic mass is 10.1. The van der Waals surface area contributed by atoms with Gasteiger partial charge in [0.25, 0.3) is 0 Å². The van der Waals surface area contributed by atoms with Crippen molar-refractivity contribution >= 4 is 5.78 Å². The van der Waals surface area contributed by atoms with E-state index in [-0.39, 0.29) is 5.78 Å². The average Bonchev–Trinajstić information content (AvgIpc) is 2.61. The first-order valence-corrected chi connectivity index (χ1v) is 3.89. The van der Waals surface area contributed by atoms with Crippen molar-refractivity contribution in [2.75, 3.05) is 0 Å². The van der Waals surface area contributed by atoms with Crippen LogP contribution in [0.15, 0.2) is 0 Å². The molecule has 0 radical (unpaired) electrons. The van der Waals surface area contributed by atoms with Gasteiger partial charge in [0.05, 0.1) is 12.2 Å². The molecule has 2 nitrogen and oxygen atoms in total. The van der Waals surface area contributed by atoms with Crippen LogP contribution in [-0.2, 0) is 9.53 Å². The van der Waals surface area contributed by atoms with E-state index in [0.717, 1.165) is 12.8 Å². The molecule has 0 saturated carbocycles. The third kappa shape index (κ3) is 2.10. The van der Waals surface area contributed by atoms with Crippen LogP contribution in [0.3, 0.4) is 0 Å². The van der Waals surface area contributed by atoms with Crippen molar-refractivity contribution in [3.63, 3.8) is 0 Å². The van der Waals surface area contributed by atoms with Crippen LogP contribution in [0.1, 0.15) is 33.1 Å². The highest BCUT2D eigenvalue weighted by Gasteiger charge is 2.36. The molecule has 0 unspecified atom stereocenters. The van der Waals surface area contributed by atoms with Crippen molar-refractivity contribution in [2.45, 2.75) is 45.3 Å². The maximum absolute atomic E-state index is 10.5. The smallest absolute Gasteiger partial charge is 0.129 e. The van der Waals surface area contributed by atoms with E-state index in [1.54, 1.807) is 6.92 Å². The number of hydrogen-bond acceptors (Lipinski definition) is 2. The minimum absolute atomic E-state index is 0.269. The van der Waals surface area contributed by atoms with E-state index in [0.29, 0.717) is 18.6 Å². The zero-order chi connectivity index (χ0) is 7.56. The molecule has 1 aliphatic heterocycles. The van der Waals surface area contributed by atoms with E-state index in [1.165, 1.54) is 0 Å². The molecule has 58 valence electrons. The van der Waals surface area contributed by atoms with Crippen molar-refractivity contribution in [1.29, 1.82) is 0 Å². The first-order chi connectivity index (χ1) is 4.74. The van der Waals surface area contributed by atoms with Crippen LogP contribution < -0.4 is 0 Å². The van der Waals surface area contributed by atoms with Crippen molar-refractivity contribution in [1.82, 2.24) is 0 Å². The second-order valence-electron chi connectivity index (χ2n) is 2.86. The van der Waals surface area contributed by atoms with Gasteiger partial charge in [-0.15, -0.1) is 0 Å². The van der Waals surface area contributed by atoms with E-state index >= 15 is 0 Å². The monoisotopic (exact) mass is 142 g/mol. The molecular weight excluding hydrogens is 128 g/mol. The Balaban J connectivity index is 2.01. The van der Waals surface area contributed by atoms with Crippen LogP contribution in [0.25, 0.3) is 0 Å². The summed E-state index contributed by atoms with van der Waals surface area (Å²) in [6, 6.07) is 0. The summed E-state index contributed by atoms with van der Waals surface area (Å²) in [4.78, 5) is 10.5.